The summed E-state index contributed by atoms with van der Waals surface area (Å²) in [5, 5.41) is 0. The second-order valence-electron chi connectivity index (χ2n) is 10.1. The summed E-state index contributed by atoms with van der Waals surface area (Å²) in [6.45, 7) is 0. The molecule has 0 bridgehead atoms. The molecule has 0 aliphatic rings. The fraction of sp³-hybridized carbons (Fsp3) is 0.0625. The van der Waals surface area contributed by atoms with Crippen LogP contribution in [0.4, 0.5) is 0 Å². The van der Waals surface area contributed by atoms with Crippen LogP contribution in [-0.2, 0) is 17.1 Å². The molecule has 6 rings (SSSR count). The van der Waals surface area contributed by atoms with Crippen LogP contribution in [0.5, 0.6) is 0 Å². The molecule has 0 aliphatic carbocycles. The quantitative estimate of drug-likeness (QED) is 0.269. The Bertz CT molecular complexity index is 1280. The Labute approximate surface area is 256 Å². The third kappa shape index (κ3) is 6.70. The van der Waals surface area contributed by atoms with E-state index in [0.717, 1.165) is 27.3 Å². The van der Waals surface area contributed by atoms with E-state index in [1.54, 1.807) is 0 Å². The Morgan fingerprint density at radius 3 is 0.610 bits per heavy atom. The minimum atomic E-state index is -2.56. The van der Waals surface area contributed by atoms with E-state index in [-0.39, 0.29) is 17.1 Å². The molecule has 9 heteroatoms. The molecule has 0 N–H and O–H groups in total. The summed E-state index contributed by atoms with van der Waals surface area (Å²) in [5.41, 5.74) is 0. The number of hydrogen-bond acceptors (Lipinski definition) is 6. The first-order valence-corrected chi connectivity index (χ1v) is 19.3. The zero-order valence-corrected chi connectivity index (χ0v) is 26.5. The third-order valence-electron chi connectivity index (χ3n) is 7.68. The molecule has 202 valence electrons. The molecule has 0 aliphatic heterocycles. The van der Waals surface area contributed by atoms with Crippen molar-refractivity contribution in [2.24, 2.45) is 0 Å². The van der Waals surface area contributed by atoms with Crippen LogP contribution >= 0.6 is 0 Å². The summed E-state index contributed by atoms with van der Waals surface area (Å²) >= 11 is -5.12. The van der Waals surface area contributed by atoms with Crippen molar-refractivity contribution >= 4 is 53.5 Å². The first kappa shape index (κ1) is 30.4. The van der Waals surface area contributed by atoms with E-state index >= 15 is 0 Å². The van der Waals surface area contributed by atoms with Gasteiger partial charge in [-0.1, -0.05) is 72.8 Å². The molecule has 0 fully saturated rings. The standard InChI is InChI=1S/6C5H4N.2CH3.2Al.Fe/c6*1-2-4-6-5-3-1;;;;;/h6*1-4H;2*1H3;;;/q;;;;;;;;2*-1;+2. The molecule has 6 nitrogen and oxygen atoms in total. The van der Waals surface area contributed by atoms with E-state index in [4.69, 9.17) is 0 Å². The average molecular weight is 608 g/mol. The van der Waals surface area contributed by atoms with Gasteiger partial charge >= 0.3 is 17.1 Å². The molecule has 0 spiro atoms. The van der Waals surface area contributed by atoms with Gasteiger partial charge in [0.2, 0.25) is 0 Å². The largest absolute Gasteiger partial charge is 2.00 e. The molecule has 6 heterocycles. The normalized spacial score (nSPS) is 11.0. The van der Waals surface area contributed by atoms with Crippen LogP contribution in [0, 0.1) is 0 Å². The molecule has 0 radical (unpaired) electrons. The van der Waals surface area contributed by atoms with Gasteiger partial charge in [-0.15, -0.1) is 27.3 Å². The van der Waals surface area contributed by atoms with Gasteiger partial charge in [-0.25, -0.2) is 0 Å². The molecule has 6 aromatic rings. The number of pyridine rings is 6. The van der Waals surface area contributed by atoms with Gasteiger partial charge < -0.3 is 29.9 Å². The van der Waals surface area contributed by atoms with Crippen LogP contribution in [0.3, 0.4) is 0 Å². The minimum absolute atomic E-state index is 0. The van der Waals surface area contributed by atoms with Crippen molar-refractivity contribution in [2.75, 3.05) is 0 Å². The molecular weight excluding hydrogens is 578 g/mol. The second-order valence-corrected chi connectivity index (χ2v) is 18.9. The molecular formula is C32H30Al2FeN6. The van der Waals surface area contributed by atoms with Crippen molar-refractivity contribution in [2.45, 2.75) is 11.6 Å². The van der Waals surface area contributed by atoms with Crippen molar-refractivity contribution in [1.82, 2.24) is 29.9 Å². The molecule has 41 heavy (non-hydrogen) atoms. The van der Waals surface area contributed by atoms with Gasteiger partial charge in [-0.05, 0) is 36.4 Å². The number of aromatic nitrogens is 6. The zero-order valence-electron chi connectivity index (χ0n) is 23.0. The second kappa shape index (κ2) is 14.4. The Morgan fingerprint density at radius 1 is 0.317 bits per heavy atom. The van der Waals surface area contributed by atoms with Crippen molar-refractivity contribution in [1.29, 1.82) is 0 Å². The summed E-state index contributed by atoms with van der Waals surface area (Å²) in [4.78, 5) is 27.6. The molecule has 0 saturated heterocycles. The van der Waals surface area contributed by atoms with Crippen LogP contribution < -0.4 is 27.3 Å². The van der Waals surface area contributed by atoms with E-state index < -0.39 is 26.2 Å². The minimum Gasteiger partial charge on any atom is -0.310 e. The predicted molar refractivity (Wildman–Crippen MR) is 166 cm³/mol. The summed E-state index contributed by atoms with van der Waals surface area (Å²) < 4.78 is 6.65. The van der Waals surface area contributed by atoms with E-state index in [0.29, 0.717) is 0 Å². The van der Waals surface area contributed by atoms with Gasteiger partial charge in [0.25, 0.3) is 26.2 Å². The zero-order chi connectivity index (χ0) is 27.7. The van der Waals surface area contributed by atoms with Gasteiger partial charge in [0.05, 0.1) is 0 Å². The van der Waals surface area contributed by atoms with Gasteiger partial charge in [-0.2, -0.15) is 11.6 Å². The number of hydrogen-bond donors (Lipinski definition) is 0. The van der Waals surface area contributed by atoms with Gasteiger partial charge in [-0.3, -0.25) is 0 Å². The SMILES string of the molecule is [CH3][Al-]([c]1ccccn1)([c]1ccccn1)[c]1ccccn1.[CH3][Al-]([c]1ccccn1)([c]1ccccn1)[c]1ccccn1.[Fe+2]. The van der Waals surface area contributed by atoms with Gasteiger partial charge in [0, 0.05) is 37.2 Å². The number of nitrogens with zero attached hydrogens (tertiary/aromatic N) is 6. The maximum absolute atomic E-state index is 4.60. The predicted octanol–water partition coefficient (Wildman–Crippen LogP) is 1.94. The summed E-state index contributed by atoms with van der Waals surface area (Å²) in [6.07, 6.45) is 11.1. The van der Waals surface area contributed by atoms with E-state index in [2.05, 4.69) is 77.9 Å². The smallest absolute Gasteiger partial charge is 0.310 e. The molecule has 0 unspecified atom stereocenters. The van der Waals surface area contributed by atoms with Crippen LogP contribution in [0.1, 0.15) is 0 Å². The van der Waals surface area contributed by atoms with E-state index in [9.17, 15) is 0 Å². The molecule has 0 aromatic carbocycles. The van der Waals surface area contributed by atoms with Crippen LogP contribution in [-0.4, -0.2) is 56.1 Å². The average Bonchev–Trinajstić information content (AvgIpc) is 3.07. The summed E-state index contributed by atoms with van der Waals surface area (Å²) in [7, 11) is 0. The van der Waals surface area contributed by atoms with Gasteiger partial charge in [0.15, 0.2) is 0 Å². The fourth-order valence-electron chi connectivity index (χ4n) is 5.21. The molecule has 6 aromatic heterocycles. The Morgan fingerprint density at radius 2 is 0.488 bits per heavy atom. The van der Waals surface area contributed by atoms with Crippen molar-refractivity contribution in [3.8, 4) is 0 Å². The monoisotopic (exact) mass is 608 g/mol. The molecule has 0 saturated carbocycles. The van der Waals surface area contributed by atoms with Crippen molar-refractivity contribution in [3.05, 3.63) is 146 Å². The number of rotatable bonds is 6. The topological polar surface area (TPSA) is 77.3 Å². The van der Waals surface area contributed by atoms with Gasteiger partial charge in [0.1, 0.15) is 0 Å². The Kier molecular flexibility index (Phi) is 10.7. The third-order valence-corrected chi connectivity index (χ3v) is 16.8. The van der Waals surface area contributed by atoms with E-state index in [1.165, 1.54) is 0 Å². The fourth-order valence-corrected chi connectivity index (χ4v) is 12.3. The Hall–Kier alpha value is -3.52. The molecule has 0 atom stereocenters. The van der Waals surface area contributed by atoms with Crippen molar-refractivity contribution < 1.29 is 17.1 Å². The summed E-state index contributed by atoms with van der Waals surface area (Å²) in [5.74, 6) is 4.56. The molecule has 0 amide bonds. The Balaban J connectivity index is 0.000000184. The maximum atomic E-state index is 4.60. The van der Waals surface area contributed by atoms with Crippen LogP contribution in [0.2, 0.25) is 11.6 Å². The first-order chi connectivity index (χ1) is 19.6. The summed E-state index contributed by atoms with van der Waals surface area (Å²) in [6, 6.07) is 36.4. The maximum Gasteiger partial charge on any atom is 2.00 e. The van der Waals surface area contributed by atoms with Crippen molar-refractivity contribution in [3.63, 3.8) is 0 Å². The van der Waals surface area contributed by atoms with Crippen LogP contribution in [0.25, 0.3) is 0 Å². The van der Waals surface area contributed by atoms with Crippen LogP contribution in [0.15, 0.2) is 146 Å². The first-order valence-electron chi connectivity index (χ1n) is 13.5. The van der Waals surface area contributed by atoms with E-state index in [1.807, 2.05) is 110 Å².